The molecule has 2 aromatic rings. The monoisotopic (exact) mass is 351 g/mol. The van der Waals surface area contributed by atoms with Crippen LogP contribution in [-0.4, -0.2) is 13.4 Å². The van der Waals surface area contributed by atoms with Crippen molar-refractivity contribution in [3.05, 3.63) is 52.3 Å². The molecule has 0 atom stereocenters. The lowest BCUT2D eigenvalue weighted by Crippen LogP contribution is -2.15. The van der Waals surface area contributed by atoms with Crippen molar-refractivity contribution in [3.63, 3.8) is 0 Å². The highest BCUT2D eigenvalue weighted by molar-refractivity contribution is 9.10. The summed E-state index contributed by atoms with van der Waals surface area (Å²) in [6.07, 6.45) is 1.55. The molecule has 1 aromatic carbocycles. The molecule has 1 N–H and O–H groups in total. The van der Waals surface area contributed by atoms with Gasteiger partial charge in [-0.15, -0.1) is 0 Å². The topological polar surface area (TPSA) is 82.8 Å². The lowest BCUT2D eigenvalue weighted by atomic mass is 10.2. The molecule has 0 unspecified atom stereocenters. The zero-order chi connectivity index (χ0) is 14.8. The summed E-state index contributed by atoms with van der Waals surface area (Å²) in [6.45, 7) is 1.67. The van der Waals surface area contributed by atoms with Crippen molar-refractivity contribution in [1.82, 2.24) is 4.98 Å². The molecular weight excluding hydrogens is 342 g/mol. The highest BCUT2D eigenvalue weighted by atomic mass is 79.9. The number of sulfonamides is 1. The van der Waals surface area contributed by atoms with E-state index >= 15 is 0 Å². The molecule has 0 radical (unpaired) electrons. The zero-order valence-electron chi connectivity index (χ0n) is 10.5. The quantitative estimate of drug-likeness (QED) is 0.861. The minimum atomic E-state index is -3.77. The molecule has 102 valence electrons. The average Bonchev–Trinajstić information content (AvgIpc) is 2.41. The maximum Gasteiger partial charge on any atom is 0.262 e. The van der Waals surface area contributed by atoms with Gasteiger partial charge in [-0.3, -0.25) is 4.72 Å². The van der Waals surface area contributed by atoms with E-state index in [1.165, 1.54) is 6.07 Å². The molecule has 5 nitrogen and oxygen atoms in total. The molecule has 0 amide bonds. The molecule has 0 aliphatic rings. The molecule has 20 heavy (non-hydrogen) atoms. The third-order valence-electron chi connectivity index (χ3n) is 2.61. The van der Waals surface area contributed by atoms with E-state index in [1.807, 2.05) is 6.07 Å². The number of nitriles is 1. The van der Waals surface area contributed by atoms with Crippen LogP contribution in [0.15, 0.2) is 46.0 Å². The highest BCUT2D eigenvalue weighted by Crippen LogP contribution is 2.24. The first kappa shape index (κ1) is 14.5. The number of anilines is 1. The second kappa shape index (κ2) is 5.61. The normalized spacial score (nSPS) is 10.8. The van der Waals surface area contributed by atoms with Gasteiger partial charge in [0, 0.05) is 6.20 Å². The Morgan fingerprint density at radius 2 is 2.10 bits per heavy atom. The van der Waals surface area contributed by atoms with Gasteiger partial charge in [0.15, 0.2) is 0 Å². The zero-order valence-corrected chi connectivity index (χ0v) is 12.9. The molecule has 7 heteroatoms. The fourth-order valence-electron chi connectivity index (χ4n) is 1.62. The van der Waals surface area contributed by atoms with E-state index in [4.69, 9.17) is 5.26 Å². The minimum Gasteiger partial charge on any atom is -0.277 e. The molecule has 0 saturated carbocycles. The highest BCUT2D eigenvalue weighted by Gasteiger charge is 2.18. The van der Waals surface area contributed by atoms with E-state index in [9.17, 15) is 8.42 Å². The molecule has 1 aromatic heterocycles. The smallest absolute Gasteiger partial charge is 0.262 e. The summed E-state index contributed by atoms with van der Waals surface area (Å²) in [5, 5.41) is 8.87. The predicted molar refractivity (Wildman–Crippen MR) is 78.6 cm³/mol. The minimum absolute atomic E-state index is 0.0762. The number of nitrogens with one attached hydrogen (secondary N) is 1. The van der Waals surface area contributed by atoms with E-state index in [0.717, 1.165) is 0 Å². The number of nitrogens with zero attached hydrogens (tertiary/aromatic N) is 2. The van der Waals surface area contributed by atoms with Crippen molar-refractivity contribution in [1.29, 1.82) is 5.26 Å². The van der Waals surface area contributed by atoms with Gasteiger partial charge in [-0.2, -0.15) is 5.26 Å². The molecule has 0 saturated heterocycles. The van der Waals surface area contributed by atoms with Crippen LogP contribution in [0, 0.1) is 18.3 Å². The fourth-order valence-corrected chi connectivity index (χ4v) is 3.44. The van der Waals surface area contributed by atoms with Crippen molar-refractivity contribution >= 4 is 31.6 Å². The van der Waals surface area contributed by atoms with Crippen molar-refractivity contribution in [2.75, 3.05) is 4.72 Å². The third-order valence-corrected chi connectivity index (χ3v) is 4.75. The molecule has 0 bridgehead atoms. The molecule has 0 spiro atoms. The van der Waals surface area contributed by atoms with Gasteiger partial charge in [0.1, 0.15) is 4.60 Å². The summed E-state index contributed by atoms with van der Waals surface area (Å²) in [4.78, 5) is 4.03. The number of pyridine rings is 1. The predicted octanol–water partition coefficient (Wildman–Crippen LogP) is 2.83. The van der Waals surface area contributed by atoms with E-state index in [1.54, 1.807) is 37.4 Å². The summed E-state index contributed by atoms with van der Waals surface area (Å²) in [5.41, 5.74) is 1.20. The fraction of sp³-hybridized carbons (Fsp3) is 0.0769. The first-order chi connectivity index (χ1) is 9.44. The Labute approximate surface area is 125 Å². The summed E-state index contributed by atoms with van der Waals surface area (Å²) in [7, 11) is -3.77. The average molecular weight is 352 g/mol. The molecular formula is C13H10BrN3O2S. The molecule has 0 aliphatic heterocycles. The van der Waals surface area contributed by atoms with Crippen molar-refractivity contribution < 1.29 is 8.42 Å². The van der Waals surface area contributed by atoms with Crippen LogP contribution >= 0.6 is 15.9 Å². The summed E-state index contributed by atoms with van der Waals surface area (Å²) < 4.78 is 27.6. The van der Waals surface area contributed by atoms with Crippen LogP contribution in [0.25, 0.3) is 0 Å². The number of hydrogen-bond acceptors (Lipinski definition) is 4. The molecule has 0 fully saturated rings. The Hall–Kier alpha value is -1.91. The Balaban J connectivity index is 2.47. The Morgan fingerprint density at radius 3 is 2.75 bits per heavy atom. The van der Waals surface area contributed by atoms with E-state index < -0.39 is 10.0 Å². The van der Waals surface area contributed by atoms with Crippen LogP contribution in [0.3, 0.4) is 0 Å². The van der Waals surface area contributed by atoms with Gasteiger partial charge in [0.25, 0.3) is 10.0 Å². The lowest BCUT2D eigenvalue weighted by Gasteiger charge is -2.11. The van der Waals surface area contributed by atoms with Crippen LogP contribution in [0.2, 0.25) is 0 Å². The van der Waals surface area contributed by atoms with Gasteiger partial charge < -0.3 is 0 Å². The summed E-state index contributed by atoms with van der Waals surface area (Å²) in [5.74, 6) is 0. The Morgan fingerprint density at radius 1 is 1.35 bits per heavy atom. The number of hydrogen-bond donors (Lipinski definition) is 1. The Kier molecular flexibility index (Phi) is 4.06. The number of aromatic nitrogens is 1. The van der Waals surface area contributed by atoms with Crippen molar-refractivity contribution in [2.24, 2.45) is 0 Å². The maximum absolute atomic E-state index is 12.4. The first-order valence-electron chi connectivity index (χ1n) is 5.58. The Bertz CT molecular complexity index is 798. The van der Waals surface area contributed by atoms with Gasteiger partial charge in [-0.25, -0.2) is 13.4 Å². The first-order valence-corrected chi connectivity index (χ1v) is 7.86. The van der Waals surface area contributed by atoms with Crippen molar-refractivity contribution in [3.8, 4) is 6.07 Å². The largest absolute Gasteiger partial charge is 0.277 e. The van der Waals surface area contributed by atoms with Crippen LogP contribution in [0.5, 0.6) is 0 Å². The molecule has 2 rings (SSSR count). The number of halogens is 1. The van der Waals surface area contributed by atoms with Gasteiger partial charge in [0.05, 0.1) is 22.2 Å². The molecule has 1 heterocycles. The van der Waals surface area contributed by atoms with E-state index in [-0.39, 0.29) is 4.90 Å². The van der Waals surface area contributed by atoms with Gasteiger partial charge >= 0.3 is 0 Å². The lowest BCUT2D eigenvalue weighted by molar-refractivity contribution is 0.600. The molecule has 0 aliphatic carbocycles. The van der Waals surface area contributed by atoms with Gasteiger partial charge in [0.2, 0.25) is 0 Å². The standard InChI is InChI=1S/C13H10BrN3O2S/c1-9-4-5-10(8-15)7-12(9)20(18,19)17-11-3-2-6-16-13(11)14/h2-7,17H,1H3. The second-order valence-corrected chi connectivity index (χ2v) is 6.44. The van der Waals surface area contributed by atoms with Crippen molar-refractivity contribution in [2.45, 2.75) is 11.8 Å². The SMILES string of the molecule is Cc1ccc(C#N)cc1S(=O)(=O)Nc1cccnc1Br. The van der Waals surface area contributed by atoms with E-state index in [0.29, 0.717) is 21.4 Å². The van der Waals surface area contributed by atoms with Crippen LogP contribution < -0.4 is 4.72 Å². The summed E-state index contributed by atoms with van der Waals surface area (Å²) >= 11 is 3.18. The maximum atomic E-state index is 12.4. The summed E-state index contributed by atoms with van der Waals surface area (Å²) in [6, 6.07) is 9.68. The van der Waals surface area contributed by atoms with Gasteiger partial charge in [-0.1, -0.05) is 6.07 Å². The van der Waals surface area contributed by atoms with Crippen LogP contribution in [-0.2, 0) is 10.0 Å². The number of rotatable bonds is 3. The van der Waals surface area contributed by atoms with Gasteiger partial charge in [-0.05, 0) is 52.7 Å². The van der Waals surface area contributed by atoms with E-state index in [2.05, 4.69) is 25.6 Å². The number of benzene rings is 1. The third kappa shape index (κ3) is 2.98. The number of aryl methyl sites for hydroxylation is 1. The van der Waals surface area contributed by atoms with Crippen LogP contribution in [0.1, 0.15) is 11.1 Å². The second-order valence-electron chi connectivity index (χ2n) is 4.04. The van der Waals surface area contributed by atoms with Crippen LogP contribution in [0.4, 0.5) is 5.69 Å².